The van der Waals surface area contributed by atoms with Gasteiger partial charge in [-0.3, -0.25) is 4.68 Å². The Kier molecular flexibility index (Phi) is 2.90. The van der Waals surface area contributed by atoms with Crippen LogP contribution in [0.3, 0.4) is 0 Å². The predicted molar refractivity (Wildman–Crippen MR) is 59.1 cm³/mol. The second-order valence-electron chi connectivity index (χ2n) is 3.62. The molecule has 0 fully saturated rings. The van der Waals surface area contributed by atoms with Crippen LogP contribution < -0.4 is 0 Å². The number of hydrogen-bond donors (Lipinski definition) is 0. The van der Waals surface area contributed by atoms with Crippen LogP contribution in [-0.2, 0) is 13.2 Å². The first kappa shape index (κ1) is 12.3. The molecule has 0 aliphatic heterocycles. The second-order valence-corrected chi connectivity index (χ2v) is 3.62. The van der Waals surface area contributed by atoms with Crippen molar-refractivity contribution in [2.75, 3.05) is 0 Å². The lowest BCUT2D eigenvalue weighted by molar-refractivity contribution is -0.140. The molecule has 2 rings (SSSR count). The third kappa shape index (κ3) is 1.99. The van der Waals surface area contributed by atoms with Crippen molar-refractivity contribution in [2.45, 2.75) is 6.18 Å². The molecule has 2 aromatic rings. The second kappa shape index (κ2) is 4.25. The van der Waals surface area contributed by atoms with Gasteiger partial charge in [-0.25, -0.2) is 0 Å². The van der Waals surface area contributed by atoms with Crippen LogP contribution >= 0.6 is 0 Å². The lowest BCUT2D eigenvalue weighted by Gasteiger charge is -2.02. The van der Waals surface area contributed by atoms with Crippen LogP contribution in [0.4, 0.5) is 18.9 Å². The summed E-state index contributed by atoms with van der Waals surface area (Å²) < 4.78 is 39.0. The summed E-state index contributed by atoms with van der Waals surface area (Å²) in [7, 11) is 1.34. The van der Waals surface area contributed by atoms with E-state index in [1.165, 1.54) is 7.05 Å². The van der Waals surface area contributed by atoms with Crippen LogP contribution in [0.1, 0.15) is 5.69 Å². The number of aromatic nitrogens is 2. The standard InChI is InChI=1S/C11H8F3N3O/c1-17-9(7-5-3-2-4-6-7)8(16-18)10(15-17)11(12,13)14/h2-6H,1H3. The molecule has 0 atom stereocenters. The number of halogens is 3. The largest absolute Gasteiger partial charge is 0.437 e. The first-order chi connectivity index (χ1) is 8.45. The SMILES string of the molecule is Cn1nc(C(F)(F)F)c(N=O)c1-c1ccccc1. The van der Waals surface area contributed by atoms with Crippen molar-refractivity contribution in [3.8, 4) is 11.3 Å². The van der Waals surface area contributed by atoms with E-state index in [0.717, 1.165) is 4.68 Å². The Labute approximate surface area is 100 Å². The Morgan fingerprint density at radius 3 is 2.33 bits per heavy atom. The minimum atomic E-state index is -4.70. The molecule has 18 heavy (non-hydrogen) atoms. The number of nitroso groups, excluding NO2 is 1. The van der Waals surface area contributed by atoms with Crippen LogP contribution in [0.25, 0.3) is 11.3 Å². The number of hydrogen-bond acceptors (Lipinski definition) is 3. The Bertz CT molecular complexity index is 575. The van der Waals surface area contributed by atoms with Gasteiger partial charge in [-0.15, -0.1) is 4.91 Å². The van der Waals surface area contributed by atoms with Crippen molar-refractivity contribution in [1.29, 1.82) is 0 Å². The molecule has 0 saturated carbocycles. The maximum atomic E-state index is 12.7. The number of benzene rings is 1. The smallest absolute Gasteiger partial charge is 0.265 e. The van der Waals surface area contributed by atoms with Crippen LogP contribution in [0.15, 0.2) is 35.5 Å². The fourth-order valence-corrected chi connectivity index (χ4v) is 1.71. The van der Waals surface area contributed by atoms with E-state index in [2.05, 4.69) is 10.3 Å². The molecule has 0 spiro atoms. The molecule has 1 aromatic heterocycles. The normalized spacial score (nSPS) is 11.6. The molecule has 0 bridgehead atoms. The highest BCUT2D eigenvalue weighted by Gasteiger charge is 2.40. The zero-order valence-corrected chi connectivity index (χ0v) is 9.27. The van der Waals surface area contributed by atoms with Gasteiger partial charge in [-0.2, -0.15) is 18.3 Å². The first-order valence-electron chi connectivity index (χ1n) is 4.98. The third-order valence-corrected chi connectivity index (χ3v) is 2.43. The third-order valence-electron chi connectivity index (χ3n) is 2.43. The molecule has 0 aliphatic rings. The molecular weight excluding hydrogens is 247 g/mol. The molecule has 0 radical (unpaired) electrons. The number of nitrogens with zero attached hydrogens (tertiary/aromatic N) is 3. The molecule has 0 N–H and O–H groups in total. The zero-order valence-electron chi connectivity index (χ0n) is 9.27. The van der Waals surface area contributed by atoms with Crippen molar-refractivity contribution in [1.82, 2.24) is 9.78 Å². The van der Waals surface area contributed by atoms with Gasteiger partial charge in [0.15, 0.2) is 11.4 Å². The summed E-state index contributed by atoms with van der Waals surface area (Å²) in [5.74, 6) is 0. The minimum Gasteiger partial charge on any atom is -0.265 e. The van der Waals surface area contributed by atoms with Gasteiger partial charge in [0.05, 0.1) is 5.69 Å². The van der Waals surface area contributed by atoms with Crippen molar-refractivity contribution < 1.29 is 13.2 Å². The molecular formula is C11H8F3N3O. The van der Waals surface area contributed by atoms with Crippen LogP contribution in [0.5, 0.6) is 0 Å². The summed E-state index contributed by atoms with van der Waals surface area (Å²) in [5, 5.41) is 5.81. The van der Waals surface area contributed by atoms with Crippen molar-refractivity contribution >= 4 is 5.69 Å². The summed E-state index contributed by atoms with van der Waals surface area (Å²) in [4.78, 5) is 10.7. The molecule has 1 heterocycles. The molecule has 4 nitrogen and oxygen atoms in total. The van der Waals surface area contributed by atoms with Crippen molar-refractivity contribution in [3.63, 3.8) is 0 Å². The van der Waals surface area contributed by atoms with Crippen molar-refractivity contribution in [2.24, 2.45) is 12.2 Å². The molecule has 1 aromatic carbocycles. The van der Waals surface area contributed by atoms with E-state index in [4.69, 9.17) is 0 Å². The molecule has 0 saturated heterocycles. The number of alkyl halides is 3. The zero-order chi connectivity index (χ0) is 13.3. The molecule has 94 valence electrons. The van der Waals surface area contributed by atoms with E-state index < -0.39 is 17.6 Å². The molecule has 7 heteroatoms. The topological polar surface area (TPSA) is 47.2 Å². The average Bonchev–Trinajstić information content (AvgIpc) is 2.67. The summed E-state index contributed by atoms with van der Waals surface area (Å²) in [6.45, 7) is 0. The number of rotatable bonds is 2. The highest BCUT2D eigenvalue weighted by atomic mass is 19.4. The van der Waals surface area contributed by atoms with Gasteiger partial charge < -0.3 is 0 Å². The maximum absolute atomic E-state index is 12.7. The van der Waals surface area contributed by atoms with Gasteiger partial charge in [-0.05, 0) is 5.18 Å². The fourth-order valence-electron chi connectivity index (χ4n) is 1.71. The molecule has 0 amide bonds. The average molecular weight is 255 g/mol. The Morgan fingerprint density at radius 1 is 1.22 bits per heavy atom. The van der Waals surface area contributed by atoms with Gasteiger partial charge in [0.2, 0.25) is 0 Å². The Morgan fingerprint density at radius 2 is 1.83 bits per heavy atom. The fraction of sp³-hybridized carbons (Fsp3) is 0.182. The Hall–Kier alpha value is -2.18. The Balaban J connectivity index is 2.69. The maximum Gasteiger partial charge on any atom is 0.437 e. The first-order valence-corrected chi connectivity index (χ1v) is 4.98. The molecule has 0 unspecified atom stereocenters. The lowest BCUT2D eigenvalue weighted by atomic mass is 10.1. The highest BCUT2D eigenvalue weighted by Crippen LogP contribution is 2.41. The van der Waals surface area contributed by atoms with Gasteiger partial charge >= 0.3 is 6.18 Å². The van der Waals surface area contributed by atoms with Gasteiger partial charge in [0.25, 0.3) is 0 Å². The quantitative estimate of drug-likeness (QED) is 0.771. The minimum absolute atomic E-state index is 0.0536. The lowest BCUT2D eigenvalue weighted by Crippen LogP contribution is -2.06. The van der Waals surface area contributed by atoms with Crippen LogP contribution in [0.2, 0.25) is 0 Å². The number of aryl methyl sites for hydroxylation is 1. The highest BCUT2D eigenvalue weighted by molar-refractivity contribution is 5.74. The summed E-state index contributed by atoms with van der Waals surface area (Å²) in [6.07, 6.45) is -4.70. The van der Waals surface area contributed by atoms with E-state index in [1.54, 1.807) is 30.3 Å². The van der Waals surface area contributed by atoms with E-state index in [-0.39, 0.29) is 5.69 Å². The van der Waals surface area contributed by atoms with E-state index in [1.807, 2.05) is 0 Å². The van der Waals surface area contributed by atoms with Crippen LogP contribution in [-0.4, -0.2) is 9.78 Å². The van der Waals surface area contributed by atoms with Crippen LogP contribution in [0, 0.1) is 4.91 Å². The van der Waals surface area contributed by atoms with Crippen molar-refractivity contribution in [3.05, 3.63) is 40.9 Å². The van der Waals surface area contributed by atoms with Gasteiger partial charge in [0.1, 0.15) is 0 Å². The molecule has 0 aliphatic carbocycles. The van der Waals surface area contributed by atoms with E-state index in [0.29, 0.717) is 5.56 Å². The predicted octanol–water partition coefficient (Wildman–Crippen LogP) is 3.50. The van der Waals surface area contributed by atoms with Gasteiger partial charge in [-0.1, -0.05) is 30.3 Å². The summed E-state index contributed by atoms with van der Waals surface area (Å²) in [5.41, 5.74) is -1.44. The van der Waals surface area contributed by atoms with Gasteiger partial charge in [0, 0.05) is 12.6 Å². The monoisotopic (exact) mass is 255 g/mol. The van der Waals surface area contributed by atoms with E-state index in [9.17, 15) is 18.1 Å². The summed E-state index contributed by atoms with van der Waals surface area (Å²) in [6, 6.07) is 8.21. The van der Waals surface area contributed by atoms with E-state index >= 15 is 0 Å². The summed E-state index contributed by atoms with van der Waals surface area (Å²) >= 11 is 0.